The van der Waals surface area contributed by atoms with Gasteiger partial charge in [-0.05, 0) is 98.0 Å². The van der Waals surface area contributed by atoms with Crippen LogP contribution >= 0.6 is 0 Å². The van der Waals surface area contributed by atoms with Gasteiger partial charge in [-0.2, -0.15) is 0 Å². The Balaban J connectivity index is 1.12. The number of carbonyl (C=O) groups excluding carboxylic acids is 2. The molecule has 0 unspecified atom stereocenters. The van der Waals surface area contributed by atoms with E-state index in [1.165, 1.54) is 19.3 Å². The molecule has 0 spiro atoms. The summed E-state index contributed by atoms with van der Waals surface area (Å²) >= 11 is 0. The Kier molecular flexibility index (Phi) is 8.63. The molecule has 4 aliphatic carbocycles. The summed E-state index contributed by atoms with van der Waals surface area (Å²) in [6.07, 6.45) is 9.07. The second-order valence-electron chi connectivity index (χ2n) is 14.0. The number of benzene rings is 2. The average molecular weight is 587 g/mol. The lowest BCUT2D eigenvalue weighted by atomic mass is 9.45. The molecule has 2 aromatic carbocycles. The van der Waals surface area contributed by atoms with Crippen LogP contribution in [-0.2, 0) is 27.4 Å². The van der Waals surface area contributed by atoms with E-state index in [0.29, 0.717) is 29.1 Å². The van der Waals surface area contributed by atoms with Gasteiger partial charge in [0.25, 0.3) is 0 Å². The predicted octanol–water partition coefficient (Wildman–Crippen LogP) is 6.83. The third-order valence-electron chi connectivity index (χ3n) is 11.7. The number of fused-ring (bicyclic) bond motifs is 5. The number of oxime groups is 1. The van der Waals surface area contributed by atoms with E-state index in [4.69, 9.17) is 9.57 Å². The van der Waals surface area contributed by atoms with Crippen LogP contribution < -0.4 is 5.32 Å². The Morgan fingerprint density at radius 3 is 2.40 bits per heavy atom. The third kappa shape index (κ3) is 6.11. The van der Waals surface area contributed by atoms with Crippen molar-refractivity contribution in [3.05, 3.63) is 71.8 Å². The maximum Gasteiger partial charge on any atom is 0.408 e. The van der Waals surface area contributed by atoms with Crippen LogP contribution in [0.2, 0.25) is 0 Å². The highest BCUT2D eigenvalue weighted by Gasteiger charge is 2.59. The first kappa shape index (κ1) is 29.9. The van der Waals surface area contributed by atoms with E-state index >= 15 is 0 Å². The molecule has 6 rings (SSSR count). The molecule has 0 aliphatic heterocycles. The Bertz CT molecular complexity index is 1320. The number of rotatable bonds is 7. The molecule has 4 fully saturated rings. The van der Waals surface area contributed by atoms with Crippen LogP contribution in [0.1, 0.15) is 82.8 Å². The lowest BCUT2D eigenvalue weighted by Gasteiger charge is -2.60. The molecule has 4 aliphatic rings. The topological polar surface area (TPSA) is 97.2 Å². The summed E-state index contributed by atoms with van der Waals surface area (Å²) in [6.45, 7) is 4.94. The van der Waals surface area contributed by atoms with Gasteiger partial charge in [0.2, 0.25) is 0 Å². The van der Waals surface area contributed by atoms with Gasteiger partial charge in [0.05, 0.1) is 11.8 Å². The highest BCUT2D eigenvalue weighted by Crippen LogP contribution is 2.65. The first-order chi connectivity index (χ1) is 20.8. The minimum atomic E-state index is -0.923. The van der Waals surface area contributed by atoms with E-state index in [9.17, 15) is 14.7 Å². The second kappa shape index (κ2) is 12.4. The number of alkyl carbamates (subject to hydrolysis) is 1. The minimum absolute atomic E-state index is 0.0736. The zero-order valence-corrected chi connectivity index (χ0v) is 25.5. The summed E-state index contributed by atoms with van der Waals surface area (Å²) in [5.41, 5.74) is 3.01. The van der Waals surface area contributed by atoms with Crippen LogP contribution in [0.15, 0.2) is 65.8 Å². The van der Waals surface area contributed by atoms with Crippen molar-refractivity contribution in [3.63, 3.8) is 0 Å². The quantitative estimate of drug-likeness (QED) is 0.274. The van der Waals surface area contributed by atoms with Crippen molar-refractivity contribution in [1.82, 2.24) is 5.32 Å². The lowest BCUT2D eigenvalue weighted by Crippen LogP contribution is -2.54. The largest absolute Gasteiger partial charge is 0.445 e. The van der Waals surface area contributed by atoms with E-state index in [1.807, 2.05) is 60.7 Å². The number of aliphatic hydroxyl groups is 1. The van der Waals surface area contributed by atoms with Gasteiger partial charge in [-0.1, -0.05) is 79.7 Å². The molecule has 0 aromatic heterocycles. The second-order valence-corrected chi connectivity index (χ2v) is 14.0. The predicted molar refractivity (Wildman–Crippen MR) is 165 cm³/mol. The fraction of sp³-hybridized carbons (Fsp3) is 0.583. The lowest BCUT2D eigenvalue weighted by molar-refractivity contribution is -0.146. The monoisotopic (exact) mass is 586 g/mol. The van der Waals surface area contributed by atoms with Gasteiger partial charge in [0, 0.05) is 11.8 Å². The number of ether oxygens (including phenoxy) is 1. The molecule has 8 atom stereocenters. The van der Waals surface area contributed by atoms with Crippen LogP contribution in [0.25, 0.3) is 0 Å². The van der Waals surface area contributed by atoms with Gasteiger partial charge in [0.1, 0.15) is 12.6 Å². The maximum atomic E-state index is 13.4. The molecule has 0 heterocycles. The number of nitrogens with one attached hydrogen (secondary N) is 1. The SMILES string of the molecule is C[C@]12CC[C@H](O)C[C@@H]1CC[C@@H]1[C@@H]2CC[C@]2(C)/C(=N/OC(=O)[C@H](Cc3ccccc3)NC(=O)OCc3ccccc3)CC[C@@H]12. The Hall–Kier alpha value is -3.19. The highest BCUT2D eigenvalue weighted by atomic mass is 16.7. The molecular formula is C36H46N2O5. The van der Waals surface area contributed by atoms with Crippen LogP contribution in [0.4, 0.5) is 4.79 Å². The van der Waals surface area contributed by atoms with Crippen molar-refractivity contribution in [2.75, 3.05) is 0 Å². The van der Waals surface area contributed by atoms with E-state index in [-0.39, 0.29) is 24.5 Å². The summed E-state index contributed by atoms with van der Waals surface area (Å²) in [5, 5.41) is 17.6. The van der Waals surface area contributed by atoms with Crippen LogP contribution in [0, 0.1) is 34.5 Å². The standard InChI is InChI=1S/C36H46N2O5/c1-35-19-17-27(39)22-26(35)13-14-28-29-15-16-32(36(29,2)20-18-30(28)35)38-43-33(40)31(21-24-9-5-3-6-10-24)37-34(41)42-23-25-11-7-4-8-12-25/h3-12,26-31,39H,13-23H2,1-2H3,(H,37,41)/b38-32+/t26-,27-,28-,29-,30-,31-,35-,36-/m0/s1. The van der Waals surface area contributed by atoms with Crippen molar-refractivity contribution in [1.29, 1.82) is 0 Å². The zero-order chi connectivity index (χ0) is 30.0. The Morgan fingerprint density at radius 2 is 1.65 bits per heavy atom. The summed E-state index contributed by atoms with van der Waals surface area (Å²) < 4.78 is 5.41. The number of nitrogens with zero attached hydrogens (tertiary/aromatic N) is 1. The van der Waals surface area contributed by atoms with Gasteiger partial charge >= 0.3 is 12.1 Å². The molecule has 43 heavy (non-hydrogen) atoms. The summed E-state index contributed by atoms with van der Waals surface area (Å²) in [4.78, 5) is 31.8. The summed E-state index contributed by atoms with van der Waals surface area (Å²) in [5.74, 6) is 1.94. The number of carbonyl (C=O) groups is 2. The highest BCUT2D eigenvalue weighted by molar-refractivity contribution is 5.93. The Labute approximate surface area is 255 Å². The van der Waals surface area contributed by atoms with E-state index < -0.39 is 18.1 Å². The average Bonchev–Trinajstić information content (AvgIpc) is 3.36. The first-order valence-electron chi connectivity index (χ1n) is 16.2. The molecule has 7 heteroatoms. The fourth-order valence-corrected chi connectivity index (χ4v) is 9.29. The molecule has 7 nitrogen and oxygen atoms in total. The van der Waals surface area contributed by atoms with E-state index in [1.54, 1.807) is 0 Å². The van der Waals surface area contributed by atoms with Crippen molar-refractivity contribution in [2.45, 2.75) is 96.8 Å². The first-order valence-corrected chi connectivity index (χ1v) is 16.2. The van der Waals surface area contributed by atoms with Crippen LogP contribution in [0.3, 0.4) is 0 Å². The molecule has 0 saturated heterocycles. The molecule has 2 aromatic rings. The molecule has 0 bridgehead atoms. The smallest absolute Gasteiger partial charge is 0.408 e. The van der Waals surface area contributed by atoms with Crippen LogP contribution in [0.5, 0.6) is 0 Å². The molecule has 0 radical (unpaired) electrons. The molecule has 230 valence electrons. The van der Waals surface area contributed by atoms with Crippen molar-refractivity contribution in [3.8, 4) is 0 Å². The van der Waals surface area contributed by atoms with Gasteiger partial charge in [-0.15, -0.1) is 0 Å². The molecule has 1 amide bonds. The normalized spacial score (nSPS) is 34.8. The van der Waals surface area contributed by atoms with E-state index in [2.05, 4.69) is 24.3 Å². The van der Waals surface area contributed by atoms with Gasteiger partial charge in [-0.25, -0.2) is 9.59 Å². The number of hydrogen-bond acceptors (Lipinski definition) is 6. The number of hydrogen-bond donors (Lipinski definition) is 2. The number of aliphatic hydroxyl groups excluding tert-OH is 1. The Morgan fingerprint density at radius 1 is 0.930 bits per heavy atom. The zero-order valence-electron chi connectivity index (χ0n) is 25.5. The van der Waals surface area contributed by atoms with Crippen molar-refractivity contribution >= 4 is 17.8 Å². The van der Waals surface area contributed by atoms with Gasteiger partial charge in [0.15, 0.2) is 0 Å². The third-order valence-corrected chi connectivity index (χ3v) is 11.7. The van der Waals surface area contributed by atoms with E-state index in [0.717, 1.165) is 55.4 Å². The van der Waals surface area contributed by atoms with Gasteiger partial charge < -0.3 is 20.0 Å². The number of amides is 1. The summed E-state index contributed by atoms with van der Waals surface area (Å²) in [6, 6.07) is 18.1. The van der Waals surface area contributed by atoms with Gasteiger partial charge in [-0.3, -0.25) is 0 Å². The van der Waals surface area contributed by atoms with Crippen molar-refractivity contribution in [2.24, 2.45) is 39.7 Å². The maximum absolute atomic E-state index is 13.4. The van der Waals surface area contributed by atoms with Crippen molar-refractivity contribution < 1.29 is 24.3 Å². The molecule has 2 N–H and O–H groups in total. The fourth-order valence-electron chi connectivity index (χ4n) is 9.29. The summed E-state index contributed by atoms with van der Waals surface area (Å²) in [7, 11) is 0. The minimum Gasteiger partial charge on any atom is -0.445 e. The molecule has 4 saturated carbocycles. The molecular weight excluding hydrogens is 540 g/mol. The van der Waals surface area contributed by atoms with Crippen LogP contribution in [-0.4, -0.2) is 35.0 Å².